The molecule has 2 atom stereocenters. The Labute approximate surface area is 275 Å². The average Bonchev–Trinajstić information content (AvgIpc) is 3.72. The number of sulfonamides is 1. The Bertz CT molecular complexity index is 1350. The number of ether oxygens (including phenoxy) is 1. The van der Waals surface area contributed by atoms with Gasteiger partial charge in [0.2, 0.25) is 21.8 Å². The van der Waals surface area contributed by atoms with Crippen molar-refractivity contribution in [2.75, 3.05) is 45.9 Å². The van der Waals surface area contributed by atoms with Gasteiger partial charge in [-0.15, -0.1) is 0 Å². The summed E-state index contributed by atoms with van der Waals surface area (Å²) in [6.07, 6.45) is 3.17. The number of nitrogens with one attached hydrogen (secondary N) is 2. The second kappa shape index (κ2) is 18.4. The molecule has 3 N–H and O–H groups in total. The van der Waals surface area contributed by atoms with Crippen LogP contribution in [0.4, 0.5) is 0 Å². The minimum atomic E-state index is -3.94. The number of rotatable bonds is 15. The minimum absolute atomic E-state index is 0.00252. The Balaban J connectivity index is 0.00000107. The molecule has 2 aliphatic rings. The first-order valence-corrected chi connectivity index (χ1v) is 18.1. The van der Waals surface area contributed by atoms with E-state index in [0.29, 0.717) is 25.2 Å². The van der Waals surface area contributed by atoms with E-state index in [0.717, 1.165) is 43.0 Å². The zero-order valence-corrected chi connectivity index (χ0v) is 29.0. The average molecular weight is 659 g/mol. The molecule has 0 bridgehead atoms. The van der Waals surface area contributed by atoms with Gasteiger partial charge in [-0.3, -0.25) is 14.5 Å². The fourth-order valence-electron chi connectivity index (χ4n) is 5.27. The quantitative estimate of drug-likeness (QED) is 0.267. The van der Waals surface area contributed by atoms with Crippen molar-refractivity contribution in [3.05, 3.63) is 59.7 Å². The molecule has 2 aliphatic heterocycles. The highest BCUT2D eigenvalue weighted by Crippen LogP contribution is 2.29. The molecule has 10 nitrogen and oxygen atoms in total. The van der Waals surface area contributed by atoms with Gasteiger partial charge < -0.3 is 20.5 Å². The Kier molecular flexibility index (Phi) is 15.0. The fourth-order valence-corrected chi connectivity index (χ4v) is 6.95. The molecule has 2 aromatic carbocycles. The van der Waals surface area contributed by atoms with Gasteiger partial charge in [0.15, 0.2) is 0 Å². The first-order valence-electron chi connectivity index (χ1n) is 16.6. The number of carbonyl (C=O) groups excluding carboxylic acids is 2. The second-order valence-corrected chi connectivity index (χ2v) is 15.0. The predicted molar refractivity (Wildman–Crippen MR) is 181 cm³/mol. The number of carbonyl (C=O) groups is 2. The third-order valence-electron chi connectivity index (χ3n) is 8.20. The van der Waals surface area contributed by atoms with Gasteiger partial charge >= 0.3 is 0 Å². The molecule has 0 radical (unpaired) electrons. The van der Waals surface area contributed by atoms with Gasteiger partial charge in [-0.25, -0.2) is 8.42 Å². The first kappa shape index (κ1) is 37.5. The number of fused-ring (bicyclic) bond motifs is 1. The standard InChI is InChI=1S/C30H42N4O6S.C5H12/c1-22(2)19-34(41(38,39)25-10-11-28-24(17-25)12-15-40-28)20-27(35)26(16-23-8-4-3-5-9-23)32-29(36)18-31-30(37)21-33-13-6-7-14-33;1-4-5(2)3/h3-5,8-11,17,22,26-27,35H,6-7,12-16,18-21H2,1-2H3,(H,31,37)(H,32,36);5H,4H2,1-3H3/t26-,27+;/m0./s1. The topological polar surface area (TPSA) is 128 Å². The summed E-state index contributed by atoms with van der Waals surface area (Å²) in [6, 6.07) is 13.5. The maximum Gasteiger partial charge on any atom is 0.243 e. The summed E-state index contributed by atoms with van der Waals surface area (Å²) in [5, 5.41) is 16.9. The van der Waals surface area contributed by atoms with E-state index in [1.165, 1.54) is 16.8 Å². The van der Waals surface area contributed by atoms with E-state index < -0.39 is 28.1 Å². The van der Waals surface area contributed by atoms with Crippen LogP contribution in [-0.2, 0) is 32.5 Å². The van der Waals surface area contributed by atoms with Crippen LogP contribution in [0.15, 0.2) is 53.4 Å². The molecule has 1 saturated heterocycles. The molecular formula is C35H54N4O6S. The molecule has 2 amide bonds. The van der Waals surface area contributed by atoms with Gasteiger partial charge in [0.25, 0.3) is 0 Å². The number of hydrogen-bond acceptors (Lipinski definition) is 7. The molecule has 1 fully saturated rings. The van der Waals surface area contributed by atoms with Gasteiger partial charge in [0.1, 0.15) is 5.75 Å². The van der Waals surface area contributed by atoms with Crippen LogP contribution in [0.1, 0.15) is 65.0 Å². The molecule has 0 aromatic heterocycles. The van der Waals surface area contributed by atoms with Gasteiger partial charge in [-0.05, 0) is 73.5 Å². The number of aliphatic hydroxyl groups excluding tert-OH is 1. The SMILES string of the molecule is CC(C)CN(C[C@@H](O)[C@H](Cc1ccccc1)NC(=O)CNC(=O)CN1CCCC1)S(=O)(=O)c1ccc2c(c1)CCO2.CCC(C)C. The largest absolute Gasteiger partial charge is 0.493 e. The normalized spacial score (nSPS) is 16.0. The highest BCUT2D eigenvalue weighted by molar-refractivity contribution is 7.89. The number of aliphatic hydroxyl groups is 1. The Morgan fingerprint density at radius 3 is 2.28 bits per heavy atom. The van der Waals surface area contributed by atoms with Crippen molar-refractivity contribution in [2.24, 2.45) is 11.8 Å². The molecule has 46 heavy (non-hydrogen) atoms. The van der Waals surface area contributed by atoms with Gasteiger partial charge in [0, 0.05) is 19.5 Å². The van der Waals surface area contributed by atoms with Crippen molar-refractivity contribution in [3.8, 4) is 5.75 Å². The molecule has 0 aliphatic carbocycles. The van der Waals surface area contributed by atoms with E-state index >= 15 is 0 Å². The van der Waals surface area contributed by atoms with Crippen molar-refractivity contribution in [1.82, 2.24) is 19.8 Å². The predicted octanol–water partition coefficient (Wildman–Crippen LogP) is 3.62. The van der Waals surface area contributed by atoms with Crippen molar-refractivity contribution in [2.45, 2.75) is 83.8 Å². The van der Waals surface area contributed by atoms with Crippen LogP contribution in [0.2, 0.25) is 0 Å². The lowest BCUT2D eigenvalue weighted by atomic mass is 10.0. The number of benzene rings is 2. The van der Waals surface area contributed by atoms with Crippen molar-refractivity contribution < 1.29 is 27.9 Å². The summed E-state index contributed by atoms with van der Waals surface area (Å²) in [4.78, 5) is 27.4. The van der Waals surface area contributed by atoms with Crippen LogP contribution in [0.25, 0.3) is 0 Å². The molecule has 2 heterocycles. The van der Waals surface area contributed by atoms with Crippen LogP contribution >= 0.6 is 0 Å². The first-order chi connectivity index (χ1) is 21.9. The molecule has 0 unspecified atom stereocenters. The molecule has 0 spiro atoms. The lowest BCUT2D eigenvalue weighted by molar-refractivity contribution is -0.127. The summed E-state index contributed by atoms with van der Waals surface area (Å²) in [7, 11) is -3.94. The fraction of sp³-hybridized carbons (Fsp3) is 0.600. The minimum Gasteiger partial charge on any atom is -0.493 e. The van der Waals surface area contributed by atoms with Crippen LogP contribution in [0, 0.1) is 11.8 Å². The van der Waals surface area contributed by atoms with Crippen LogP contribution < -0.4 is 15.4 Å². The molecular weight excluding hydrogens is 604 g/mol. The zero-order chi connectivity index (χ0) is 33.7. The van der Waals surface area contributed by atoms with Crippen LogP contribution in [-0.4, -0.2) is 92.6 Å². The third kappa shape index (κ3) is 12.0. The van der Waals surface area contributed by atoms with Crippen molar-refractivity contribution >= 4 is 21.8 Å². The summed E-state index contributed by atoms with van der Waals surface area (Å²) in [5.41, 5.74) is 1.73. The maximum atomic E-state index is 13.8. The third-order valence-corrected chi connectivity index (χ3v) is 10.0. The number of likely N-dealkylation sites (tertiary alicyclic amines) is 1. The summed E-state index contributed by atoms with van der Waals surface area (Å²) < 4.78 is 34.3. The highest BCUT2D eigenvalue weighted by atomic mass is 32.2. The van der Waals surface area contributed by atoms with Crippen molar-refractivity contribution in [1.29, 1.82) is 0 Å². The van der Waals surface area contributed by atoms with Gasteiger partial charge in [-0.2, -0.15) is 4.31 Å². The van der Waals surface area contributed by atoms with E-state index in [1.807, 2.05) is 49.1 Å². The van der Waals surface area contributed by atoms with E-state index in [4.69, 9.17) is 4.74 Å². The lowest BCUT2D eigenvalue weighted by Gasteiger charge is -2.31. The summed E-state index contributed by atoms with van der Waals surface area (Å²) >= 11 is 0. The van der Waals surface area contributed by atoms with Crippen LogP contribution in [0.5, 0.6) is 5.75 Å². The Morgan fingerprint density at radius 1 is 0.978 bits per heavy atom. The molecule has 256 valence electrons. The molecule has 0 saturated carbocycles. The smallest absolute Gasteiger partial charge is 0.243 e. The van der Waals surface area contributed by atoms with Gasteiger partial charge in [-0.1, -0.05) is 71.4 Å². The maximum absolute atomic E-state index is 13.8. The van der Waals surface area contributed by atoms with E-state index in [9.17, 15) is 23.1 Å². The second-order valence-electron chi connectivity index (χ2n) is 13.1. The van der Waals surface area contributed by atoms with Crippen molar-refractivity contribution in [3.63, 3.8) is 0 Å². The van der Waals surface area contributed by atoms with E-state index in [-0.39, 0.29) is 42.9 Å². The zero-order valence-electron chi connectivity index (χ0n) is 28.2. The lowest BCUT2D eigenvalue weighted by Crippen LogP contribution is -2.53. The molecule has 2 aromatic rings. The van der Waals surface area contributed by atoms with Crippen LogP contribution in [0.3, 0.4) is 0 Å². The monoisotopic (exact) mass is 658 g/mol. The Hall–Kier alpha value is -2.99. The van der Waals surface area contributed by atoms with E-state index in [2.05, 4.69) is 31.4 Å². The molecule has 11 heteroatoms. The number of hydrogen-bond donors (Lipinski definition) is 3. The van der Waals surface area contributed by atoms with E-state index in [1.54, 1.807) is 12.1 Å². The highest BCUT2D eigenvalue weighted by Gasteiger charge is 2.32. The molecule has 4 rings (SSSR count). The number of amides is 2. The summed E-state index contributed by atoms with van der Waals surface area (Å²) in [6.45, 7) is 12.8. The summed E-state index contributed by atoms with van der Waals surface area (Å²) in [5.74, 6) is 0.906. The number of nitrogens with zero attached hydrogens (tertiary/aromatic N) is 2. The Morgan fingerprint density at radius 2 is 1.65 bits per heavy atom. The van der Waals surface area contributed by atoms with Gasteiger partial charge in [0.05, 0.1) is 36.7 Å².